The summed E-state index contributed by atoms with van der Waals surface area (Å²) in [7, 11) is 0. The Kier molecular flexibility index (Phi) is 4.07. The Labute approximate surface area is 116 Å². The number of benzene rings is 1. The summed E-state index contributed by atoms with van der Waals surface area (Å²) in [5, 5.41) is 3.56. The fraction of sp³-hybridized carbons (Fsp3) is 0.647. The first kappa shape index (κ1) is 13.0. The Balaban J connectivity index is 1.48. The lowest BCUT2D eigenvalue weighted by molar-refractivity contribution is 0.255. The molecule has 2 heteroatoms. The third-order valence-corrected chi connectivity index (χ3v) is 4.19. The zero-order chi connectivity index (χ0) is 13.1. The molecule has 0 bridgehead atoms. The standard InChI is InChI=1S/C17H25NO/c1-13(11-18-16-7-8-16)12-19-17-9-6-14-4-2-3-5-15(14)10-17/h6,9-10,13,16,18H,2-5,7-8,11-12H2,1H3. The van der Waals surface area contributed by atoms with Crippen molar-refractivity contribution >= 4 is 0 Å². The SMILES string of the molecule is CC(CNC1CC1)COc1ccc2c(c1)CCCC2. The number of aryl methyl sites for hydroxylation is 2. The molecular formula is C17H25NO. The lowest BCUT2D eigenvalue weighted by Crippen LogP contribution is -2.26. The van der Waals surface area contributed by atoms with Crippen LogP contribution in [-0.2, 0) is 12.8 Å². The molecule has 0 radical (unpaired) electrons. The predicted molar refractivity (Wildman–Crippen MR) is 78.8 cm³/mol. The van der Waals surface area contributed by atoms with E-state index in [2.05, 4.69) is 30.4 Å². The van der Waals surface area contributed by atoms with Gasteiger partial charge in [-0.05, 0) is 61.8 Å². The summed E-state index contributed by atoms with van der Waals surface area (Å²) >= 11 is 0. The summed E-state index contributed by atoms with van der Waals surface area (Å²) in [4.78, 5) is 0. The van der Waals surface area contributed by atoms with Gasteiger partial charge in [-0.15, -0.1) is 0 Å². The Hall–Kier alpha value is -1.02. The third kappa shape index (κ3) is 3.73. The van der Waals surface area contributed by atoms with Crippen molar-refractivity contribution in [2.75, 3.05) is 13.2 Å². The molecule has 0 aromatic heterocycles. The van der Waals surface area contributed by atoms with E-state index >= 15 is 0 Å². The molecule has 1 unspecified atom stereocenters. The Morgan fingerprint density at radius 3 is 2.79 bits per heavy atom. The maximum Gasteiger partial charge on any atom is 0.119 e. The molecule has 1 N–H and O–H groups in total. The van der Waals surface area contributed by atoms with Crippen LogP contribution >= 0.6 is 0 Å². The highest BCUT2D eigenvalue weighted by Gasteiger charge is 2.20. The number of rotatable bonds is 6. The predicted octanol–water partition coefficient (Wildman–Crippen LogP) is 3.33. The van der Waals surface area contributed by atoms with Gasteiger partial charge in [0.2, 0.25) is 0 Å². The number of hydrogen-bond acceptors (Lipinski definition) is 2. The summed E-state index contributed by atoms with van der Waals surface area (Å²) in [6.07, 6.45) is 7.87. The minimum atomic E-state index is 0.580. The molecule has 1 atom stereocenters. The van der Waals surface area contributed by atoms with E-state index < -0.39 is 0 Å². The molecule has 0 saturated heterocycles. The number of nitrogens with one attached hydrogen (secondary N) is 1. The second kappa shape index (κ2) is 5.96. The molecule has 0 aliphatic heterocycles. The summed E-state index contributed by atoms with van der Waals surface area (Å²) in [5.74, 6) is 1.63. The molecule has 0 spiro atoms. The Morgan fingerprint density at radius 1 is 1.21 bits per heavy atom. The molecule has 2 aliphatic rings. The third-order valence-electron chi connectivity index (χ3n) is 4.19. The molecule has 1 aromatic carbocycles. The van der Waals surface area contributed by atoms with Crippen LogP contribution in [-0.4, -0.2) is 19.2 Å². The minimum absolute atomic E-state index is 0.580. The molecular weight excluding hydrogens is 234 g/mol. The summed E-state index contributed by atoms with van der Waals surface area (Å²) in [6.45, 7) is 4.15. The molecule has 1 saturated carbocycles. The van der Waals surface area contributed by atoms with E-state index in [1.807, 2.05) is 0 Å². The van der Waals surface area contributed by atoms with Crippen LogP contribution in [0.1, 0.15) is 43.7 Å². The average molecular weight is 259 g/mol. The van der Waals surface area contributed by atoms with Gasteiger partial charge in [-0.25, -0.2) is 0 Å². The van der Waals surface area contributed by atoms with Crippen LogP contribution < -0.4 is 10.1 Å². The van der Waals surface area contributed by atoms with E-state index in [4.69, 9.17) is 4.74 Å². The topological polar surface area (TPSA) is 21.3 Å². The van der Waals surface area contributed by atoms with E-state index in [1.165, 1.54) is 49.7 Å². The molecule has 0 heterocycles. The monoisotopic (exact) mass is 259 g/mol. The minimum Gasteiger partial charge on any atom is -0.493 e. The quantitative estimate of drug-likeness (QED) is 0.846. The van der Waals surface area contributed by atoms with Crippen molar-refractivity contribution in [1.29, 1.82) is 0 Å². The van der Waals surface area contributed by atoms with Crippen molar-refractivity contribution in [3.63, 3.8) is 0 Å². The van der Waals surface area contributed by atoms with Crippen molar-refractivity contribution in [3.05, 3.63) is 29.3 Å². The molecule has 1 fully saturated rings. The van der Waals surface area contributed by atoms with E-state index in [1.54, 1.807) is 0 Å². The fourth-order valence-corrected chi connectivity index (χ4v) is 2.75. The van der Waals surface area contributed by atoms with Crippen LogP contribution in [0.15, 0.2) is 18.2 Å². The van der Waals surface area contributed by atoms with E-state index in [0.29, 0.717) is 5.92 Å². The van der Waals surface area contributed by atoms with Gasteiger partial charge in [0.25, 0.3) is 0 Å². The smallest absolute Gasteiger partial charge is 0.119 e. The second-order valence-corrected chi connectivity index (χ2v) is 6.24. The van der Waals surface area contributed by atoms with Crippen molar-refractivity contribution in [3.8, 4) is 5.75 Å². The van der Waals surface area contributed by atoms with E-state index in [0.717, 1.165) is 24.9 Å². The first-order valence-corrected chi connectivity index (χ1v) is 7.79. The van der Waals surface area contributed by atoms with Crippen LogP contribution in [0.25, 0.3) is 0 Å². The van der Waals surface area contributed by atoms with Gasteiger partial charge >= 0.3 is 0 Å². The fourth-order valence-electron chi connectivity index (χ4n) is 2.75. The summed E-state index contributed by atoms with van der Waals surface area (Å²) in [5.41, 5.74) is 3.04. The highest BCUT2D eigenvalue weighted by molar-refractivity contribution is 5.37. The first-order chi connectivity index (χ1) is 9.31. The molecule has 1 aromatic rings. The van der Waals surface area contributed by atoms with Gasteiger partial charge in [-0.3, -0.25) is 0 Å². The zero-order valence-electron chi connectivity index (χ0n) is 12.0. The maximum atomic E-state index is 5.95. The van der Waals surface area contributed by atoms with Crippen LogP contribution in [0.3, 0.4) is 0 Å². The lowest BCUT2D eigenvalue weighted by Gasteiger charge is -2.18. The summed E-state index contributed by atoms with van der Waals surface area (Å²) < 4.78 is 5.95. The summed E-state index contributed by atoms with van der Waals surface area (Å²) in [6, 6.07) is 7.46. The number of ether oxygens (including phenoxy) is 1. The van der Waals surface area contributed by atoms with Gasteiger partial charge in [-0.2, -0.15) is 0 Å². The number of fused-ring (bicyclic) bond motifs is 1. The molecule has 2 aliphatic carbocycles. The van der Waals surface area contributed by atoms with E-state index in [-0.39, 0.29) is 0 Å². The zero-order valence-corrected chi connectivity index (χ0v) is 12.0. The van der Waals surface area contributed by atoms with Gasteiger partial charge in [0.05, 0.1) is 6.61 Å². The van der Waals surface area contributed by atoms with Crippen LogP contribution in [0.5, 0.6) is 5.75 Å². The van der Waals surface area contributed by atoms with Crippen LogP contribution in [0.2, 0.25) is 0 Å². The van der Waals surface area contributed by atoms with Gasteiger partial charge in [0, 0.05) is 18.5 Å². The van der Waals surface area contributed by atoms with Crippen LogP contribution in [0.4, 0.5) is 0 Å². The lowest BCUT2D eigenvalue weighted by atomic mass is 9.92. The molecule has 104 valence electrons. The Morgan fingerprint density at radius 2 is 2.00 bits per heavy atom. The Bertz CT molecular complexity index is 425. The van der Waals surface area contributed by atoms with Crippen molar-refractivity contribution in [1.82, 2.24) is 5.32 Å². The molecule has 2 nitrogen and oxygen atoms in total. The normalized spacial score (nSPS) is 19.8. The van der Waals surface area contributed by atoms with Crippen molar-refractivity contribution in [2.45, 2.75) is 51.5 Å². The van der Waals surface area contributed by atoms with Crippen molar-refractivity contribution in [2.24, 2.45) is 5.92 Å². The average Bonchev–Trinajstić information content (AvgIpc) is 3.27. The first-order valence-electron chi connectivity index (χ1n) is 7.79. The van der Waals surface area contributed by atoms with Crippen LogP contribution in [0, 0.1) is 5.92 Å². The highest BCUT2D eigenvalue weighted by atomic mass is 16.5. The molecule has 3 rings (SSSR count). The van der Waals surface area contributed by atoms with Gasteiger partial charge in [-0.1, -0.05) is 13.0 Å². The largest absolute Gasteiger partial charge is 0.493 e. The van der Waals surface area contributed by atoms with Gasteiger partial charge < -0.3 is 10.1 Å². The molecule has 19 heavy (non-hydrogen) atoms. The molecule has 0 amide bonds. The van der Waals surface area contributed by atoms with E-state index in [9.17, 15) is 0 Å². The van der Waals surface area contributed by atoms with Gasteiger partial charge in [0.15, 0.2) is 0 Å². The van der Waals surface area contributed by atoms with Crippen molar-refractivity contribution < 1.29 is 4.74 Å². The van der Waals surface area contributed by atoms with Gasteiger partial charge in [0.1, 0.15) is 5.75 Å². The maximum absolute atomic E-state index is 5.95. The highest BCUT2D eigenvalue weighted by Crippen LogP contribution is 2.25. The second-order valence-electron chi connectivity index (χ2n) is 6.24. The number of hydrogen-bond donors (Lipinski definition) is 1.